The zero-order chi connectivity index (χ0) is 19.1. The highest BCUT2D eigenvalue weighted by molar-refractivity contribution is 7.45. The molecule has 0 radical (unpaired) electrons. The molecule has 1 heterocycles. The highest BCUT2D eigenvalue weighted by Crippen LogP contribution is 2.42. The van der Waals surface area contributed by atoms with Crippen molar-refractivity contribution in [2.75, 3.05) is 13.3 Å². The van der Waals surface area contributed by atoms with Crippen LogP contribution >= 0.6 is 8.38 Å². The molecule has 0 unspecified atom stereocenters. The maximum absolute atomic E-state index is 11.8. The first-order valence-corrected chi connectivity index (χ1v) is 9.69. The van der Waals surface area contributed by atoms with Crippen LogP contribution in [0.25, 0.3) is 0 Å². The van der Waals surface area contributed by atoms with Gasteiger partial charge in [-0.2, -0.15) is 0 Å². The lowest BCUT2D eigenvalue weighted by Gasteiger charge is -2.15. The van der Waals surface area contributed by atoms with Crippen LogP contribution in [0.15, 0.2) is 11.6 Å². The van der Waals surface area contributed by atoms with Gasteiger partial charge in [-0.1, -0.05) is 25.5 Å². The fraction of sp³-hybridized carbons (Fsp3) is 0.500. The van der Waals surface area contributed by atoms with Crippen molar-refractivity contribution in [3.63, 3.8) is 0 Å². The number of carbonyl (C=O) groups excluding carboxylic acids is 1. The van der Waals surface area contributed by atoms with Gasteiger partial charge in [0.25, 0.3) is 0 Å². The van der Waals surface area contributed by atoms with Crippen LogP contribution < -0.4 is 4.74 Å². The van der Waals surface area contributed by atoms with Crippen LogP contribution in [0.5, 0.6) is 11.5 Å². The number of phenols is 1. The highest BCUT2D eigenvalue weighted by atomic mass is 31.2. The average molecular weight is 370 g/mol. The number of benzene rings is 1. The zero-order valence-electron chi connectivity index (χ0n) is 15.4. The summed E-state index contributed by atoms with van der Waals surface area (Å²) in [6.07, 6.45) is 3.16. The lowest BCUT2D eigenvalue weighted by molar-refractivity contribution is 0.0533. The molecule has 0 atom stereocenters. The maximum Gasteiger partial charge on any atom is 0.342 e. The molecule has 2 rings (SSSR count). The fourth-order valence-corrected chi connectivity index (χ4v) is 3.24. The number of hydrogen-bond acceptors (Lipinski definition) is 6. The number of aromatic hydroxyl groups is 1. The zero-order valence-corrected chi connectivity index (χ0v) is 16.3. The van der Waals surface area contributed by atoms with E-state index in [9.17, 15) is 9.90 Å². The molecule has 1 aromatic rings. The van der Waals surface area contributed by atoms with Gasteiger partial charge in [-0.05, 0) is 32.3 Å². The standard InChI is InChI=1S/C16H21O6P.C2H6/c1-9(6-7-23(19)20)4-5-11-14(17)13-12(8-22-16(13)18)10(2)15(11)21-3;1-2/h4,17,19-20H,5-8H2,1-3H3;1-2H3/b9-4+;. The first-order valence-electron chi connectivity index (χ1n) is 8.26. The molecule has 0 bridgehead atoms. The second-order valence-electron chi connectivity index (χ2n) is 5.52. The van der Waals surface area contributed by atoms with Crippen LogP contribution in [0.1, 0.15) is 54.2 Å². The average Bonchev–Trinajstić information content (AvgIpc) is 2.98. The third-order valence-electron chi connectivity index (χ3n) is 4.01. The smallest absolute Gasteiger partial charge is 0.342 e. The molecular weight excluding hydrogens is 343 g/mol. The Balaban J connectivity index is 0.00000151. The van der Waals surface area contributed by atoms with Gasteiger partial charge in [-0.3, -0.25) is 0 Å². The minimum Gasteiger partial charge on any atom is -0.507 e. The molecule has 0 aliphatic carbocycles. The molecule has 0 fully saturated rings. The highest BCUT2D eigenvalue weighted by Gasteiger charge is 2.31. The minimum absolute atomic E-state index is 0.0967. The number of hydrogen-bond donors (Lipinski definition) is 3. The van der Waals surface area contributed by atoms with Gasteiger partial charge in [-0.15, -0.1) is 0 Å². The Morgan fingerprint density at radius 1 is 1.36 bits per heavy atom. The van der Waals surface area contributed by atoms with Crippen LogP contribution in [-0.2, 0) is 17.8 Å². The lowest BCUT2D eigenvalue weighted by atomic mass is 9.95. The summed E-state index contributed by atoms with van der Waals surface area (Å²) >= 11 is 0. The molecule has 7 heteroatoms. The van der Waals surface area contributed by atoms with E-state index in [4.69, 9.17) is 19.3 Å². The monoisotopic (exact) mass is 370 g/mol. The van der Waals surface area contributed by atoms with Crippen molar-refractivity contribution < 1.29 is 29.2 Å². The molecule has 25 heavy (non-hydrogen) atoms. The number of rotatable bonds is 6. The third-order valence-corrected chi connectivity index (χ3v) is 4.63. The predicted octanol–water partition coefficient (Wildman–Crippen LogP) is 3.58. The van der Waals surface area contributed by atoms with E-state index in [1.807, 2.05) is 33.8 Å². The van der Waals surface area contributed by atoms with Crippen molar-refractivity contribution in [2.45, 2.75) is 47.1 Å². The molecule has 1 aliphatic rings. The van der Waals surface area contributed by atoms with Crippen molar-refractivity contribution >= 4 is 14.3 Å². The Morgan fingerprint density at radius 3 is 2.56 bits per heavy atom. The van der Waals surface area contributed by atoms with Crippen molar-refractivity contribution in [3.05, 3.63) is 33.9 Å². The van der Waals surface area contributed by atoms with Crippen LogP contribution in [-0.4, -0.2) is 34.1 Å². The summed E-state index contributed by atoms with van der Waals surface area (Å²) in [6, 6.07) is 0. The van der Waals surface area contributed by atoms with Crippen molar-refractivity contribution in [1.29, 1.82) is 0 Å². The van der Waals surface area contributed by atoms with Gasteiger partial charge >= 0.3 is 5.97 Å². The molecule has 0 saturated carbocycles. The Labute approximate surface area is 150 Å². The van der Waals surface area contributed by atoms with E-state index in [2.05, 4.69) is 0 Å². The molecule has 6 nitrogen and oxygen atoms in total. The quantitative estimate of drug-likeness (QED) is 0.402. The molecule has 1 aliphatic heterocycles. The molecule has 0 amide bonds. The summed E-state index contributed by atoms with van der Waals surface area (Å²) < 4.78 is 10.4. The SMILES string of the molecule is CC.COc1c(C)c2c(c(O)c1C/C=C(\C)CCP(O)O)C(=O)OC2. The number of esters is 1. The van der Waals surface area contributed by atoms with E-state index in [0.717, 1.165) is 11.1 Å². The van der Waals surface area contributed by atoms with Gasteiger partial charge in [0, 0.05) is 17.3 Å². The van der Waals surface area contributed by atoms with E-state index >= 15 is 0 Å². The minimum atomic E-state index is -1.90. The molecule has 1 aromatic carbocycles. The normalized spacial score (nSPS) is 13.3. The first-order chi connectivity index (χ1) is 11.9. The van der Waals surface area contributed by atoms with Gasteiger partial charge in [0.05, 0.1) is 7.11 Å². The van der Waals surface area contributed by atoms with Crippen LogP contribution in [0, 0.1) is 6.92 Å². The molecular formula is C18H27O6P. The number of methoxy groups -OCH3 is 1. The van der Waals surface area contributed by atoms with E-state index in [1.165, 1.54) is 7.11 Å². The topological polar surface area (TPSA) is 96.2 Å². The third kappa shape index (κ3) is 4.94. The number of ether oxygens (including phenoxy) is 2. The van der Waals surface area contributed by atoms with Gasteiger partial charge in [0.2, 0.25) is 0 Å². The van der Waals surface area contributed by atoms with Gasteiger partial charge in [0.15, 0.2) is 8.38 Å². The molecule has 140 valence electrons. The Bertz CT molecular complexity index is 652. The summed E-state index contributed by atoms with van der Waals surface area (Å²) in [4.78, 5) is 29.7. The summed E-state index contributed by atoms with van der Waals surface area (Å²) in [7, 11) is -0.380. The Hall–Kier alpha value is -1.62. The van der Waals surface area contributed by atoms with Crippen LogP contribution in [0.2, 0.25) is 0 Å². The van der Waals surface area contributed by atoms with Crippen LogP contribution in [0.4, 0.5) is 0 Å². The van der Waals surface area contributed by atoms with E-state index < -0.39 is 14.3 Å². The molecule has 0 spiro atoms. The first kappa shape index (κ1) is 21.4. The maximum atomic E-state index is 11.8. The van der Waals surface area contributed by atoms with Crippen molar-refractivity contribution in [1.82, 2.24) is 0 Å². The predicted molar refractivity (Wildman–Crippen MR) is 98.2 cm³/mol. The van der Waals surface area contributed by atoms with E-state index in [1.54, 1.807) is 0 Å². The molecule has 3 N–H and O–H groups in total. The second-order valence-corrected chi connectivity index (χ2v) is 6.71. The Morgan fingerprint density at radius 2 is 2.00 bits per heavy atom. The Kier molecular flexibility index (Phi) is 8.36. The summed E-state index contributed by atoms with van der Waals surface area (Å²) in [6.45, 7) is 7.87. The molecule has 0 saturated heterocycles. The van der Waals surface area contributed by atoms with Crippen molar-refractivity contribution in [3.8, 4) is 11.5 Å². The summed E-state index contributed by atoms with van der Waals surface area (Å²) in [5.74, 6) is -0.0628. The molecule has 0 aromatic heterocycles. The number of cyclic esters (lactones) is 1. The number of carbonyl (C=O) groups is 1. The second kappa shape index (κ2) is 9.76. The summed E-state index contributed by atoms with van der Waals surface area (Å²) in [5, 5.41) is 10.5. The van der Waals surface area contributed by atoms with E-state index in [0.29, 0.717) is 35.9 Å². The van der Waals surface area contributed by atoms with Gasteiger partial charge in [0.1, 0.15) is 23.7 Å². The number of phenolic OH excluding ortho intramolecular Hbond substituents is 1. The van der Waals surface area contributed by atoms with Crippen molar-refractivity contribution in [2.24, 2.45) is 0 Å². The lowest BCUT2D eigenvalue weighted by Crippen LogP contribution is -2.03. The number of allylic oxidation sites excluding steroid dienone is 2. The van der Waals surface area contributed by atoms with Gasteiger partial charge < -0.3 is 24.4 Å². The fourth-order valence-electron chi connectivity index (χ4n) is 2.68. The van der Waals surface area contributed by atoms with Crippen LogP contribution in [0.3, 0.4) is 0 Å². The van der Waals surface area contributed by atoms with E-state index in [-0.39, 0.29) is 17.9 Å². The van der Waals surface area contributed by atoms with Gasteiger partial charge in [-0.25, -0.2) is 4.79 Å². The summed E-state index contributed by atoms with van der Waals surface area (Å²) in [5.41, 5.74) is 3.19. The number of fused-ring (bicyclic) bond motifs is 1. The largest absolute Gasteiger partial charge is 0.507 e.